The second-order valence-electron chi connectivity index (χ2n) is 5.02. The molecule has 7 heteroatoms. The third kappa shape index (κ3) is 4.77. The van der Waals surface area contributed by atoms with Crippen LogP contribution in [0.5, 0.6) is 0 Å². The van der Waals surface area contributed by atoms with E-state index in [4.69, 9.17) is 23.2 Å². The van der Waals surface area contributed by atoms with E-state index in [1.54, 1.807) is 43.3 Å². The first kappa shape index (κ1) is 17.9. The van der Waals surface area contributed by atoms with Gasteiger partial charge in [-0.2, -0.15) is 4.73 Å². The molecule has 122 valence electrons. The van der Waals surface area contributed by atoms with Gasteiger partial charge in [-0.1, -0.05) is 29.3 Å². The Morgan fingerprint density at radius 3 is 2.65 bits per heavy atom. The van der Waals surface area contributed by atoms with Crippen molar-refractivity contribution in [3.8, 4) is 0 Å². The van der Waals surface area contributed by atoms with Crippen molar-refractivity contribution < 1.29 is 9.52 Å². The van der Waals surface area contributed by atoms with Gasteiger partial charge in [0.2, 0.25) is 5.91 Å². The van der Waals surface area contributed by atoms with E-state index in [1.807, 2.05) is 6.92 Å². The summed E-state index contributed by atoms with van der Waals surface area (Å²) in [4.78, 5) is 12.3. The predicted octanol–water partition coefficient (Wildman–Crippen LogP) is 3.98. The lowest BCUT2D eigenvalue weighted by Crippen LogP contribution is -2.35. The van der Waals surface area contributed by atoms with E-state index < -0.39 is 5.25 Å². The van der Waals surface area contributed by atoms with Crippen molar-refractivity contribution in [3.63, 3.8) is 0 Å². The number of hydrogen-bond acceptors (Lipinski definition) is 3. The van der Waals surface area contributed by atoms with E-state index in [1.165, 1.54) is 18.0 Å². The van der Waals surface area contributed by atoms with Gasteiger partial charge in [0, 0.05) is 22.2 Å². The predicted molar refractivity (Wildman–Crippen MR) is 93.7 cm³/mol. The molecular weight excluding hydrogens is 355 g/mol. The Hall–Kier alpha value is -1.43. The molecule has 0 aliphatic heterocycles. The summed E-state index contributed by atoms with van der Waals surface area (Å²) < 4.78 is 0.744. The minimum atomic E-state index is -0.411. The average molecular weight is 371 g/mol. The maximum atomic E-state index is 12.3. The normalized spacial score (nSPS) is 13.4. The Bertz CT molecular complexity index is 712. The molecule has 1 amide bonds. The van der Waals surface area contributed by atoms with E-state index >= 15 is 0 Å². The van der Waals surface area contributed by atoms with Crippen LogP contribution in [-0.4, -0.2) is 11.2 Å². The molecule has 0 bridgehead atoms. The highest BCUT2D eigenvalue weighted by molar-refractivity contribution is 8.00. The molecule has 0 spiro atoms. The topological polar surface area (TPSA) is 56.0 Å². The molecule has 0 fully saturated rings. The second-order valence-corrected chi connectivity index (χ2v) is 7.23. The van der Waals surface area contributed by atoms with E-state index in [2.05, 4.69) is 5.32 Å². The van der Waals surface area contributed by atoms with Crippen LogP contribution in [0.2, 0.25) is 10.0 Å². The van der Waals surface area contributed by atoms with Gasteiger partial charge in [-0.05, 0) is 49.4 Å². The van der Waals surface area contributed by atoms with Crippen molar-refractivity contribution in [1.29, 1.82) is 0 Å². The molecule has 1 aromatic carbocycles. The zero-order valence-electron chi connectivity index (χ0n) is 12.6. The minimum absolute atomic E-state index is 0.169. The van der Waals surface area contributed by atoms with Crippen LogP contribution in [0.25, 0.3) is 0 Å². The van der Waals surface area contributed by atoms with Crippen LogP contribution in [0.4, 0.5) is 0 Å². The summed E-state index contributed by atoms with van der Waals surface area (Å²) in [6, 6.07) is 9.99. The molecule has 0 unspecified atom stereocenters. The number of carbonyl (C=O) groups excluding carboxylic acids is 1. The molecule has 23 heavy (non-hydrogen) atoms. The first-order valence-corrected chi connectivity index (χ1v) is 8.62. The first-order chi connectivity index (χ1) is 10.9. The first-order valence-electron chi connectivity index (χ1n) is 6.98. The lowest BCUT2D eigenvalue weighted by atomic mass is 10.1. The second kappa shape index (κ2) is 7.90. The Kier molecular flexibility index (Phi) is 6.16. The van der Waals surface area contributed by atoms with Crippen molar-refractivity contribution in [2.24, 2.45) is 0 Å². The van der Waals surface area contributed by atoms with Gasteiger partial charge in [0.25, 0.3) is 5.03 Å². The number of hydrogen-bond donors (Lipinski definition) is 1. The van der Waals surface area contributed by atoms with Crippen molar-refractivity contribution in [3.05, 3.63) is 63.4 Å². The molecule has 1 aromatic heterocycles. The van der Waals surface area contributed by atoms with Crippen molar-refractivity contribution >= 4 is 40.9 Å². The van der Waals surface area contributed by atoms with Crippen LogP contribution in [0.15, 0.2) is 47.6 Å². The van der Waals surface area contributed by atoms with Crippen LogP contribution in [0.1, 0.15) is 25.5 Å². The number of aromatic nitrogens is 1. The number of nitrogens with one attached hydrogen (secondary N) is 1. The smallest absolute Gasteiger partial charge is 0.252 e. The molecule has 2 rings (SSSR count). The molecule has 0 saturated carbocycles. The molecule has 0 aliphatic carbocycles. The third-order valence-corrected chi connectivity index (χ3v) is 4.93. The Labute approximate surface area is 149 Å². The fourth-order valence-corrected chi connectivity index (χ4v) is 3.43. The molecular formula is C16H16Cl2N2O2S. The quantitative estimate of drug-likeness (QED) is 0.491. The zero-order chi connectivity index (χ0) is 17.0. The molecule has 0 radical (unpaired) electrons. The van der Waals surface area contributed by atoms with Gasteiger partial charge < -0.3 is 10.5 Å². The maximum absolute atomic E-state index is 12.3. The van der Waals surface area contributed by atoms with E-state index in [-0.39, 0.29) is 11.9 Å². The lowest BCUT2D eigenvalue weighted by molar-refractivity contribution is -0.645. The summed E-state index contributed by atoms with van der Waals surface area (Å²) in [5.41, 5.74) is 0.792. The number of amides is 1. The van der Waals surface area contributed by atoms with Gasteiger partial charge in [-0.3, -0.25) is 4.79 Å². The Morgan fingerprint density at radius 2 is 2.00 bits per heavy atom. The Morgan fingerprint density at radius 1 is 1.26 bits per heavy atom. The number of carbonyl (C=O) groups is 1. The Balaban J connectivity index is 2.01. The summed E-state index contributed by atoms with van der Waals surface area (Å²) in [5, 5.41) is 15.6. The summed E-state index contributed by atoms with van der Waals surface area (Å²) in [5.74, 6) is -0.169. The largest absolute Gasteiger partial charge is 0.618 e. The van der Waals surface area contributed by atoms with Crippen LogP contribution in [0, 0.1) is 5.21 Å². The maximum Gasteiger partial charge on any atom is 0.252 e. The SMILES string of the molecule is C[C@H](NC(=O)[C@@H](C)Sc1cccc[n+]1[O-])c1ccc(Cl)cc1Cl. The standard InChI is InChI=1S/C16H16Cl2N2O2S/c1-10(13-7-6-12(17)9-14(13)18)19-16(21)11(2)23-15-5-3-4-8-20(15)22/h3-11H,1-2H3,(H,19,21)/t10-,11+/m0/s1. The summed E-state index contributed by atoms with van der Waals surface area (Å²) in [7, 11) is 0. The van der Waals surface area contributed by atoms with Crippen LogP contribution in [-0.2, 0) is 4.79 Å². The number of thioether (sulfide) groups is 1. The summed E-state index contributed by atoms with van der Waals surface area (Å²) in [6.45, 7) is 3.60. The van der Waals surface area contributed by atoms with Gasteiger partial charge >= 0.3 is 0 Å². The average Bonchev–Trinajstić information content (AvgIpc) is 2.49. The van der Waals surface area contributed by atoms with Crippen LogP contribution >= 0.6 is 35.0 Å². The van der Waals surface area contributed by atoms with Gasteiger partial charge in [0.05, 0.1) is 11.3 Å². The van der Waals surface area contributed by atoms with Crippen LogP contribution in [0.3, 0.4) is 0 Å². The number of nitrogens with zero attached hydrogens (tertiary/aromatic N) is 1. The van der Waals surface area contributed by atoms with E-state index in [9.17, 15) is 10.0 Å². The molecule has 2 atom stereocenters. The highest BCUT2D eigenvalue weighted by Crippen LogP contribution is 2.27. The van der Waals surface area contributed by atoms with Crippen LogP contribution < -0.4 is 10.0 Å². The fraction of sp³-hybridized carbons (Fsp3) is 0.250. The van der Waals surface area contributed by atoms with Gasteiger partial charge in [0.15, 0.2) is 6.20 Å². The van der Waals surface area contributed by atoms with Gasteiger partial charge in [-0.25, -0.2) is 0 Å². The number of rotatable bonds is 5. The third-order valence-electron chi connectivity index (χ3n) is 3.24. The number of halogens is 2. The molecule has 1 N–H and O–H groups in total. The van der Waals surface area contributed by atoms with Crippen molar-refractivity contribution in [1.82, 2.24) is 5.32 Å². The molecule has 2 aromatic rings. The van der Waals surface area contributed by atoms with Gasteiger partial charge in [0.1, 0.15) is 0 Å². The molecule has 1 heterocycles. The van der Waals surface area contributed by atoms with E-state index in [0.29, 0.717) is 15.1 Å². The summed E-state index contributed by atoms with van der Waals surface area (Å²) >= 11 is 13.2. The monoisotopic (exact) mass is 370 g/mol. The lowest BCUT2D eigenvalue weighted by Gasteiger charge is -2.18. The zero-order valence-corrected chi connectivity index (χ0v) is 15.0. The minimum Gasteiger partial charge on any atom is -0.618 e. The number of pyridine rings is 1. The van der Waals surface area contributed by atoms with Crippen molar-refractivity contribution in [2.45, 2.75) is 30.2 Å². The molecule has 4 nitrogen and oxygen atoms in total. The molecule has 0 saturated heterocycles. The highest BCUT2D eigenvalue weighted by Gasteiger charge is 2.21. The number of benzene rings is 1. The fourth-order valence-electron chi connectivity index (χ4n) is 2.00. The molecule has 0 aliphatic rings. The van der Waals surface area contributed by atoms with Crippen molar-refractivity contribution in [2.75, 3.05) is 0 Å². The highest BCUT2D eigenvalue weighted by atomic mass is 35.5. The van der Waals surface area contributed by atoms with Gasteiger partial charge in [-0.15, -0.1) is 0 Å². The van der Waals surface area contributed by atoms with E-state index in [0.717, 1.165) is 10.3 Å². The summed E-state index contributed by atoms with van der Waals surface area (Å²) in [6.07, 6.45) is 1.41.